The summed E-state index contributed by atoms with van der Waals surface area (Å²) in [7, 11) is 0. The molecule has 1 atom stereocenters. The maximum Gasteiger partial charge on any atom is 0.255 e. The highest BCUT2D eigenvalue weighted by atomic mass is 35.5. The van der Waals surface area contributed by atoms with E-state index in [9.17, 15) is 4.79 Å². The van der Waals surface area contributed by atoms with Crippen LogP contribution in [-0.2, 0) is 4.74 Å². The van der Waals surface area contributed by atoms with Crippen LogP contribution in [0.3, 0.4) is 0 Å². The van der Waals surface area contributed by atoms with E-state index in [1.807, 2.05) is 6.92 Å². The first kappa shape index (κ1) is 13.5. The molecule has 18 heavy (non-hydrogen) atoms. The summed E-state index contributed by atoms with van der Waals surface area (Å²) in [6, 6.07) is 3.10. The van der Waals surface area contributed by atoms with Gasteiger partial charge in [0.15, 0.2) is 0 Å². The molecular weight excluding hydrogens is 275 g/mol. The fourth-order valence-electron chi connectivity index (χ4n) is 1.95. The predicted molar refractivity (Wildman–Crippen MR) is 72.2 cm³/mol. The minimum atomic E-state index is -0.162. The highest BCUT2D eigenvalue weighted by Gasteiger charge is 2.27. The number of morpholine rings is 1. The number of anilines is 1. The van der Waals surface area contributed by atoms with Gasteiger partial charge in [-0.3, -0.25) is 4.79 Å². The van der Waals surface area contributed by atoms with Gasteiger partial charge in [-0.2, -0.15) is 0 Å². The van der Waals surface area contributed by atoms with Crippen LogP contribution < -0.4 is 5.73 Å². The van der Waals surface area contributed by atoms with Gasteiger partial charge in [-0.25, -0.2) is 0 Å². The van der Waals surface area contributed by atoms with Crippen LogP contribution in [0.5, 0.6) is 0 Å². The second-order valence-corrected chi connectivity index (χ2v) is 5.07. The lowest BCUT2D eigenvalue weighted by atomic mass is 10.1. The Hall–Kier alpha value is -0.970. The molecule has 0 saturated carbocycles. The van der Waals surface area contributed by atoms with Crippen molar-refractivity contribution in [1.29, 1.82) is 0 Å². The fourth-order valence-corrected chi connectivity index (χ4v) is 2.37. The molecule has 2 rings (SSSR count). The van der Waals surface area contributed by atoms with E-state index in [2.05, 4.69) is 0 Å². The molecule has 0 spiro atoms. The van der Waals surface area contributed by atoms with Crippen LogP contribution in [0.1, 0.15) is 17.3 Å². The van der Waals surface area contributed by atoms with Crippen LogP contribution in [0.15, 0.2) is 12.1 Å². The van der Waals surface area contributed by atoms with Crippen molar-refractivity contribution < 1.29 is 9.53 Å². The normalized spacial score (nSPS) is 19.9. The number of benzene rings is 1. The highest BCUT2D eigenvalue weighted by Crippen LogP contribution is 2.30. The lowest BCUT2D eigenvalue weighted by Gasteiger charge is -2.33. The number of carbonyl (C=O) groups excluding carboxylic acids is 1. The molecule has 1 heterocycles. The number of nitrogen functional groups attached to an aromatic ring is 1. The van der Waals surface area contributed by atoms with E-state index in [1.54, 1.807) is 11.0 Å². The molecule has 0 aliphatic carbocycles. The molecule has 1 fully saturated rings. The minimum Gasteiger partial charge on any atom is -0.399 e. The lowest BCUT2D eigenvalue weighted by Crippen LogP contribution is -2.47. The van der Waals surface area contributed by atoms with Crippen LogP contribution in [0.25, 0.3) is 0 Å². The highest BCUT2D eigenvalue weighted by molar-refractivity contribution is 6.44. The number of amides is 1. The Labute approximate surface area is 116 Å². The van der Waals surface area contributed by atoms with Gasteiger partial charge in [-0.15, -0.1) is 0 Å². The van der Waals surface area contributed by atoms with Gasteiger partial charge < -0.3 is 15.4 Å². The van der Waals surface area contributed by atoms with Crippen molar-refractivity contribution >= 4 is 34.8 Å². The summed E-state index contributed by atoms with van der Waals surface area (Å²) in [5, 5.41) is 0.537. The first-order valence-electron chi connectivity index (χ1n) is 5.64. The average Bonchev–Trinajstić information content (AvgIpc) is 2.33. The number of nitrogens with zero attached hydrogens (tertiary/aromatic N) is 1. The van der Waals surface area contributed by atoms with Crippen molar-refractivity contribution in [3.63, 3.8) is 0 Å². The maximum absolute atomic E-state index is 12.4. The van der Waals surface area contributed by atoms with Crippen LogP contribution in [0.4, 0.5) is 5.69 Å². The summed E-state index contributed by atoms with van der Waals surface area (Å²) in [5.41, 5.74) is 6.46. The first-order valence-corrected chi connectivity index (χ1v) is 6.39. The van der Waals surface area contributed by atoms with Gasteiger partial charge in [-0.05, 0) is 19.1 Å². The van der Waals surface area contributed by atoms with Gasteiger partial charge in [0.25, 0.3) is 5.91 Å². The molecule has 1 saturated heterocycles. The Kier molecular flexibility index (Phi) is 4.00. The van der Waals surface area contributed by atoms with Crippen LogP contribution in [0.2, 0.25) is 10.0 Å². The van der Waals surface area contributed by atoms with Crippen molar-refractivity contribution in [2.75, 3.05) is 25.5 Å². The van der Waals surface area contributed by atoms with Gasteiger partial charge in [0.2, 0.25) is 0 Å². The van der Waals surface area contributed by atoms with Gasteiger partial charge >= 0.3 is 0 Å². The molecular formula is C12H14Cl2N2O2. The maximum atomic E-state index is 12.4. The number of halogens is 2. The number of hydrogen-bond acceptors (Lipinski definition) is 3. The van der Waals surface area contributed by atoms with E-state index < -0.39 is 0 Å². The van der Waals surface area contributed by atoms with E-state index in [0.29, 0.717) is 36.0 Å². The minimum absolute atomic E-state index is 0.0162. The third-order valence-electron chi connectivity index (χ3n) is 2.91. The van der Waals surface area contributed by atoms with Gasteiger partial charge in [-0.1, -0.05) is 23.2 Å². The Balaban J connectivity index is 2.33. The summed E-state index contributed by atoms with van der Waals surface area (Å²) in [4.78, 5) is 14.1. The molecule has 1 aromatic rings. The monoisotopic (exact) mass is 288 g/mol. The van der Waals surface area contributed by atoms with E-state index in [4.69, 9.17) is 33.7 Å². The molecule has 0 radical (unpaired) electrons. The molecule has 6 heteroatoms. The molecule has 4 nitrogen and oxygen atoms in total. The molecule has 0 bridgehead atoms. The van der Waals surface area contributed by atoms with E-state index in [0.717, 1.165) is 0 Å². The second kappa shape index (κ2) is 5.34. The summed E-state index contributed by atoms with van der Waals surface area (Å²) < 4.78 is 5.30. The van der Waals surface area contributed by atoms with Gasteiger partial charge in [0, 0.05) is 12.2 Å². The van der Waals surface area contributed by atoms with Crippen LogP contribution in [0, 0.1) is 0 Å². The van der Waals surface area contributed by atoms with Crippen molar-refractivity contribution in [2.45, 2.75) is 13.0 Å². The molecule has 1 aliphatic heterocycles. The van der Waals surface area contributed by atoms with Gasteiger partial charge in [0.1, 0.15) is 0 Å². The summed E-state index contributed by atoms with van der Waals surface area (Å²) >= 11 is 12.0. The lowest BCUT2D eigenvalue weighted by molar-refractivity contribution is 0.00361. The quantitative estimate of drug-likeness (QED) is 0.808. The van der Waals surface area contributed by atoms with Crippen LogP contribution in [-0.4, -0.2) is 36.6 Å². The largest absolute Gasteiger partial charge is 0.399 e. The molecule has 0 aromatic heterocycles. The molecule has 1 aromatic carbocycles. The molecule has 1 aliphatic rings. The zero-order valence-electron chi connectivity index (χ0n) is 9.95. The van der Waals surface area contributed by atoms with E-state index >= 15 is 0 Å². The van der Waals surface area contributed by atoms with E-state index in [1.165, 1.54) is 6.07 Å². The molecule has 98 valence electrons. The Morgan fingerprint density at radius 2 is 2.22 bits per heavy atom. The van der Waals surface area contributed by atoms with Gasteiger partial charge in [0.05, 0.1) is 34.9 Å². The number of ether oxygens (including phenoxy) is 1. The SMILES string of the molecule is C[C@@H]1COCCN1C(=O)c1cc(N)cc(Cl)c1Cl. The molecule has 2 N–H and O–H groups in total. The summed E-state index contributed by atoms with van der Waals surface area (Å²) in [5.74, 6) is -0.162. The molecule has 1 amide bonds. The third-order valence-corrected chi connectivity index (χ3v) is 3.71. The number of hydrogen-bond donors (Lipinski definition) is 1. The number of nitrogens with two attached hydrogens (primary N) is 1. The topological polar surface area (TPSA) is 55.6 Å². The van der Waals surface area contributed by atoms with Crippen molar-refractivity contribution in [2.24, 2.45) is 0 Å². The number of rotatable bonds is 1. The summed E-state index contributed by atoms with van der Waals surface area (Å²) in [6.07, 6.45) is 0. The number of carbonyl (C=O) groups is 1. The standard InChI is InChI=1S/C12H14Cl2N2O2/c1-7-6-18-3-2-16(7)12(17)9-4-8(15)5-10(13)11(9)14/h4-5,7H,2-3,6,15H2,1H3/t7-/m1/s1. The Bertz CT molecular complexity index is 479. The average molecular weight is 289 g/mol. The second-order valence-electron chi connectivity index (χ2n) is 4.29. The van der Waals surface area contributed by atoms with Crippen molar-refractivity contribution in [3.05, 3.63) is 27.7 Å². The smallest absolute Gasteiger partial charge is 0.255 e. The zero-order valence-corrected chi connectivity index (χ0v) is 11.5. The molecule has 0 unspecified atom stereocenters. The predicted octanol–water partition coefficient (Wildman–Crippen LogP) is 2.44. The van der Waals surface area contributed by atoms with E-state index in [-0.39, 0.29) is 17.0 Å². The van der Waals surface area contributed by atoms with Crippen LogP contribution >= 0.6 is 23.2 Å². The third kappa shape index (κ3) is 2.55. The Morgan fingerprint density at radius 3 is 2.89 bits per heavy atom. The first-order chi connectivity index (χ1) is 8.50. The zero-order chi connectivity index (χ0) is 13.3. The van der Waals surface area contributed by atoms with Crippen molar-refractivity contribution in [3.8, 4) is 0 Å². The fraction of sp³-hybridized carbons (Fsp3) is 0.417. The van der Waals surface area contributed by atoms with Crippen molar-refractivity contribution in [1.82, 2.24) is 4.90 Å². The summed E-state index contributed by atoms with van der Waals surface area (Å²) in [6.45, 7) is 3.53. The Morgan fingerprint density at radius 1 is 1.50 bits per heavy atom.